The summed E-state index contributed by atoms with van der Waals surface area (Å²) < 4.78 is 47.2. The molecule has 1 saturated heterocycles. The second-order valence-corrected chi connectivity index (χ2v) is 10.5. The van der Waals surface area contributed by atoms with Gasteiger partial charge in [0.1, 0.15) is 17.0 Å². The SMILES string of the molecule is COc1cccc(-c2nnc(NS(=O)(=O)C(C)C(OC)c3ncc(Cl)cn3)n2C[C@H]2CCOC2)n1. The molecule has 4 rings (SSSR count). The zero-order valence-corrected chi connectivity index (χ0v) is 21.0. The molecular formula is C21H26ClN7O5S. The summed E-state index contributed by atoms with van der Waals surface area (Å²) in [4.78, 5) is 12.6. The highest BCUT2D eigenvalue weighted by Crippen LogP contribution is 2.28. The fraction of sp³-hybridized carbons (Fsp3) is 0.476. The Morgan fingerprint density at radius 1 is 1.26 bits per heavy atom. The lowest BCUT2D eigenvalue weighted by atomic mass is 10.1. The quantitative estimate of drug-likeness (QED) is 0.420. The van der Waals surface area contributed by atoms with Gasteiger partial charge in [-0.15, -0.1) is 10.2 Å². The molecule has 0 saturated carbocycles. The lowest BCUT2D eigenvalue weighted by Gasteiger charge is -2.22. The van der Waals surface area contributed by atoms with Crippen LogP contribution < -0.4 is 9.46 Å². The van der Waals surface area contributed by atoms with Crippen molar-refractivity contribution in [3.8, 4) is 17.4 Å². The van der Waals surface area contributed by atoms with Crippen molar-refractivity contribution in [1.82, 2.24) is 29.7 Å². The van der Waals surface area contributed by atoms with Gasteiger partial charge in [-0.25, -0.2) is 23.4 Å². The number of hydrogen-bond donors (Lipinski definition) is 1. The highest BCUT2D eigenvalue weighted by molar-refractivity contribution is 7.93. The van der Waals surface area contributed by atoms with Crippen LogP contribution in [0.4, 0.5) is 5.95 Å². The average molecular weight is 524 g/mol. The Labute approximate surface area is 208 Å². The van der Waals surface area contributed by atoms with E-state index in [0.29, 0.717) is 42.2 Å². The number of aromatic nitrogens is 6. The first kappa shape index (κ1) is 25.2. The van der Waals surface area contributed by atoms with Crippen LogP contribution in [0.5, 0.6) is 5.88 Å². The van der Waals surface area contributed by atoms with Gasteiger partial charge in [-0.05, 0) is 19.4 Å². The minimum atomic E-state index is -4.01. The summed E-state index contributed by atoms with van der Waals surface area (Å²) in [7, 11) is -1.10. The summed E-state index contributed by atoms with van der Waals surface area (Å²) in [5.41, 5.74) is 0.499. The van der Waals surface area contributed by atoms with Gasteiger partial charge in [0.2, 0.25) is 21.9 Å². The largest absolute Gasteiger partial charge is 0.481 e. The van der Waals surface area contributed by atoms with Gasteiger partial charge in [0.25, 0.3) is 0 Å². The molecule has 0 amide bonds. The van der Waals surface area contributed by atoms with Crippen molar-refractivity contribution in [2.75, 3.05) is 32.2 Å². The van der Waals surface area contributed by atoms with E-state index in [2.05, 4.69) is 29.9 Å². The number of ether oxygens (including phenoxy) is 3. The van der Waals surface area contributed by atoms with E-state index in [9.17, 15) is 8.42 Å². The molecule has 0 radical (unpaired) electrons. The van der Waals surface area contributed by atoms with Crippen molar-refractivity contribution in [1.29, 1.82) is 0 Å². The number of hydrogen-bond acceptors (Lipinski definition) is 10. The molecule has 3 atom stereocenters. The lowest BCUT2D eigenvalue weighted by Crippen LogP contribution is -2.33. The van der Waals surface area contributed by atoms with Gasteiger partial charge in [0, 0.05) is 44.6 Å². The van der Waals surface area contributed by atoms with E-state index in [1.807, 2.05) is 0 Å². The van der Waals surface area contributed by atoms with Crippen molar-refractivity contribution < 1.29 is 22.6 Å². The van der Waals surface area contributed by atoms with Gasteiger partial charge < -0.3 is 14.2 Å². The maximum absolute atomic E-state index is 13.4. The zero-order valence-electron chi connectivity index (χ0n) is 19.5. The van der Waals surface area contributed by atoms with E-state index in [1.165, 1.54) is 33.5 Å². The average Bonchev–Trinajstić information content (AvgIpc) is 3.51. The lowest BCUT2D eigenvalue weighted by molar-refractivity contribution is 0.0950. The molecule has 1 N–H and O–H groups in total. The summed E-state index contributed by atoms with van der Waals surface area (Å²) in [6, 6.07) is 5.25. The first-order chi connectivity index (χ1) is 16.8. The van der Waals surface area contributed by atoms with Crippen molar-refractivity contribution in [2.45, 2.75) is 31.2 Å². The summed E-state index contributed by atoms with van der Waals surface area (Å²) >= 11 is 5.86. The smallest absolute Gasteiger partial charge is 0.240 e. The summed E-state index contributed by atoms with van der Waals surface area (Å²) in [5, 5.41) is 7.65. The van der Waals surface area contributed by atoms with E-state index < -0.39 is 21.4 Å². The number of sulfonamides is 1. The molecule has 188 valence electrons. The van der Waals surface area contributed by atoms with Crippen LogP contribution in [0, 0.1) is 5.92 Å². The van der Waals surface area contributed by atoms with Crippen molar-refractivity contribution in [3.63, 3.8) is 0 Å². The first-order valence-corrected chi connectivity index (χ1v) is 12.8. The Balaban J connectivity index is 1.66. The van der Waals surface area contributed by atoms with Crippen LogP contribution in [-0.2, 0) is 26.0 Å². The molecule has 35 heavy (non-hydrogen) atoms. The zero-order chi connectivity index (χ0) is 25.0. The van der Waals surface area contributed by atoms with E-state index in [-0.39, 0.29) is 17.7 Å². The number of nitrogens with zero attached hydrogens (tertiary/aromatic N) is 6. The minimum Gasteiger partial charge on any atom is -0.481 e. The molecule has 0 aliphatic carbocycles. The standard InChI is InChI=1S/C21H26ClN7O5S/c1-13(18(33-3)19-23-9-15(22)10-24-19)35(30,31)28-21-27-26-20(16-5-4-6-17(25-16)32-2)29(21)11-14-7-8-34-12-14/h4-6,9-10,13-14,18H,7-8,11-12H2,1-3H3,(H,27,28)/t13?,14-,18?/m1/s1. The summed E-state index contributed by atoms with van der Waals surface area (Å²) in [6.07, 6.45) is 2.67. The number of anilines is 1. The maximum atomic E-state index is 13.4. The fourth-order valence-electron chi connectivity index (χ4n) is 3.74. The molecule has 1 aliphatic heterocycles. The molecule has 4 heterocycles. The Morgan fingerprint density at radius 3 is 2.69 bits per heavy atom. The van der Waals surface area contributed by atoms with E-state index in [4.69, 9.17) is 25.8 Å². The highest BCUT2D eigenvalue weighted by atomic mass is 35.5. The van der Waals surface area contributed by atoms with Crippen LogP contribution in [0.1, 0.15) is 25.3 Å². The predicted octanol–water partition coefficient (Wildman–Crippen LogP) is 2.35. The molecule has 2 unspecified atom stereocenters. The minimum absolute atomic E-state index is 0.0650. The molecule has 14 heteroatoms. The molecule has 0 aromatic carbocycles. The fourth-order valence-corrected chi connectivity index (χ4v) is 4.99. The third-order valence-corrected chi connectivity index (χ3v) is 7.56. The number of pyridine rings is 1. The van der Waals surface area contributed by atoms with E-state index >= 15 is 0 Å². The number of nitrogens with one attached hydrogen (secondary N) is 1. The third-order valence-electron chi connectivity index (χ3n) is 5.68. The van der Waals surface area contributed by atoms with Crippen molar-refractivity contribution in [2.24, 2.45) is 5.92 Å². The monoisotopic (exact) mass is 523 g/mol. The van der Waals surface area contributed by atoms with Gasteiger partial charge in [0.05, 0.1) is 18.7 Å². The Bertz CT molecular complexity index is 1250. The second kappa shape index (κ2) is 10.8. The van der Waals surface area contributed by atoms with Crippen molar-refractivity contribution in [3.05, 3.63) is 41.4 Å². The van der Waals surface area contributed by atoms with Crippen molar-refractivity contribution >= 4 is 27.6 Å². The normalized spacial score (nSPS) is 17.8. The Morgan fingerprint density at radius 2 is 2.03 bits per heavy atom. The molecule has 0 bridgehead atoms. The molecular weight excluding hydrogens is 498 g/mol. The summed E-state index contributed by atoms with van der Waals surface area (Å²) in [6.45, 7) is 3.16. The molecule has 0 spiro atoms. The number of rotatable bonds is 10. The predicted molar refractivity (Wildman–Crippen MR) is 128 cm³/mol. The molecule has 3 aromatic rings. The second-order valence-electron chi connectivity index (χ2n) is 8.02. The van der Waals surface area contributed by atoms with E-state index in [1.54, 1.807) is 22.8 Å². The molecule has 3 aromatic heterocycles. The van der Waals surface area contributed by atoms with E-state index in [0.717, 1.165) is 6.42 Å². The van der Waals surface area contributed by atoms with Gasteiger partial charge in [-0.3, -0.25) is 9.29 Å². The summed E-state index contributed by atoms with van der Waals surface area (Å²) in [5.74, 6) is 1.24. The van der Waals surface area contributed by atoms with Gasteiger partial charge >= 0.3 is 0 Å². The van der Waals surface area contributed by atoms with Crippen LogP contribution in [0.15, 0.2) is 30.6 Å². The van der Waals surface area contributed by atoms with Crippen LogP contribution in [0.3, 0.4) is 0 Å². The van der Waals surface area contributed by atoms with Crippen LogP contribution >= 0.6 is 11.6 Å². The molecule has 1 fully saturated rings. The van der Waals surface area contributed by atoms with Crippen LogP contribution in [0.25, 0.3) is 11.5 Å². The third kappa shape index (κ3) is 5.69. The Hall–Kier alpha value is -2.87. The molecule has 12 nitrogen and oxygen atoms in total. The van der Waals surface area contributed by atoms with Crippen LogP contribution in [-0.4, -0.2) is 70.8 Å². The van der Waals surface area contributed by atoms with Gasteiger partial charge in [-0.1, -0.05) is 17.7 Å². The van der Waals surface area contributed by atoms with Gasteiger partial charge in [0.15, 0.2) is 11.6 Å². The maximum Gasteiger partial charge on any atom is 0.240 e. The number of methoxy groups -OCH3 is 2. The topological polar surface area (TPSA) is 143 Å². The van der Waals surface area contributed by atoms with Gasteiger partial charge in [-0.2, -0.15) is 0 Å². The first-order valence-electron chi connectivity index (χ1n) is 10.9. The van der Waals surface area contributed by atoms with Crippen LogP contribution in [0.2, 0.25) is 5.02 Å². The number of halogens is 1. The molecule has 1 aliphatic rings. The Kier molecular flexibility index (Phi) is 7.79. The highest BCUT2D eigenvalue weighted by Gasteiger charge is 2.34.